The van der Waals surface area contributed by atoms with Crippen molar-refractivity contribution in [1.29, 1.82) is 0 Å². The van der Waals surface area contributed by atoms with Crippen molar-refractivity contribution in [2.45, 2.75) is 25.3 Å². The maximum absolute atomic E-state index is 12.0. The molecule has 15 heavy (non-hydrogen) atoms. The van der Waals surface area contributed by atoms with Crippen LogP contribution in [0.25, 0.3) is 0 Å². The molecule has 1 fully saturated rings. The van der Waals surface area contributed by atoms with Crippen molar-refractivity contribution in [3.05, 3.63) is 24.2 Å². The second kappa shape index (κ2) is 4.84. The van der Waals surface area contributed by atoms with Gasteiger partial charge in [0.15, 0.2) is 5.76 Å². The molecule has 1 unspecified atom stereocenters. The molecule has 0 N–H and O–H groups in total. The summed E-state index contributed by atoms with van der Waals surface area (Å²) in [6.07, 6.45) is 4.92. The number of halogens is 1. The maximum Gasteiger partial charge on any atom is 0.289 e. The van der Waals surface area contributed by atoms with Crippen LogP contribution in [0.3, 0.4) is 0 Å². The lowest BCUT2D eigenvalue weighted by atomic mass is 10.0. The average Bonchev–Trinajstić information content (AvgIpc) is 2.81. The summed E-state index contributed by atoms with van der Waals surface area (Å²) in [4.78, 5) is 14.0. The highest BCUT2D eigenvalue weighted by atomic mass is 79.9. The standard InChI is InChI=1S/C11H14BrNO2/c12-8-9-4-1-2-6-13(9)11(14)10-5-3-7-15-10/h3,5,7,9H,1-2,4,6,8H2. The second-order valence-electron chi connectivity index (χ2n) is 3.78. The first-order valence-electron chi connectivity index (χ1n) is 5.23. The van der Waals surface area contributed by atoms with Crippen LogP contribution in [0.5, 0.6) is 0 Å². The predicted molar refractivity (Wildman–Crippen MR) is 61.2 cm³/mol. The number of nitrogens with zero attached hydrogens (tertiary/aromatic N) is 1. The van der Waals surface area contributed by atoms with Crippen LogP contribution in [-0.2, 0) is 0 Å². The van der Waals surface area contributed by atoms with Gasteiger partial charge in [-0.25, -0.2) is 0 Å². The fourth-order valence-electron chi connectivity index (χ4n) is 1.97. The molecule has 0 aromatic carbocycles. The van der Waals surface area contributed by atoms with Gasteiger partial charge in [-0.15, -0.1) is 0 Å². The van der Waals surface area contributed by atoms with Gasteiger partial charge in [0.05, 0.1) is 6.26 Å². The van der Waals surface area contributed by atoms with Crippen LogP contribution < -0.4 is 0 Å². The number of piperidine rings is 1. The van der Waals surface area contributed by atoms with Crippen LogP contribution in [0.4, 0.5) is 0 Å². The minimum Gasteiger partial charge on any atom is -0.459 e. The minimum absolute atomic E-state index is 0.0177. The summed E-state index contributed by atoms with van der Waals surface area (Å²) in [5.74, 6) is 0.465. The number of alkyl halides is 1. The van der Waals surface area contributed by atoms with Crippen molar-refractivity contribution in [2.24, 2.45) is 0 Å². The molecular formula is C11H14BrNO2. The first-order chi connectivity index (χ1) is 7.33. The number of likely N-dealkylation sites (tertiary alicyclic amines) is 1. The van der Waals surface area contributed by atoms with Crippen LogP contribution in [0.15, 0.2) is 22.8 Å². The van der Waals surface area contributed by atoms with Gasteiger partial charge in [0.25, 0.3) is 5.91 Å². The Bertz CT molecular complexity index is 323. The van der Waals surface area contributed by atoms with E-state index in [-0.39, 0.29) is 5.91 Å². The summed E-state index contributed by atoms with van der Waals surface area (Å²) in [6.45, 7) is 0.843. The zero-order chi connectivity index (χ0) is 10.7. The normalized spacial score (nSPS) is 21.7. The van der Waals surface area contributed by atoms with E-state index in [0.29, 0.717) is 11.8 Å². The zero-order valence-electron chi connectivity index (χ0n) is 8.49. The third-order valence-electron chi connectivity index (χ3n) is 2.80. The van der Waals surface area contributed by atoms with Crippen LogP contribution in [-0.4, -0.2) is 28.7 Å². The summed E-state index contributed by atoms with van der Waals surface area (Å²) < 4.78 is 5.13. The summed E-state index contributed by atoms with van der Waals surface area (Å²) in [5, 5.41) is 0.847. The van der Waals surface area contributed by atoms with Gasteiger partial charge in [-0.2, -0.15) is 0 Å². The van der Waals surface area contributed by atoms with Crippen LogP contribution in [0.1, 0.15) is 29.8 Å². The van der Waals surface area contributed by atoms with Crippen LogP contribution in [0.2, 0.25) is 0 Å². The highest BCUT2D eigenvalue weighted by Gasteiger charge is 2.27. The molecule has 2 heterocycles. The Morgan fingerprint density at radius 2 is 2.47 bits per heavy atom. The smallest absolute Gasteiger partial charge is 0.289 e. The van der Waals surface area contributed by atoms with Crippen molar-refractivity contribution < 1.29 is 9.21 Å². The van der Waals surface area contributed by atoms with Crippen LogP contribution >= 0.6 is 15.9 Å². The monoisotopic (exact) mass is 271 g/mol. The number of hydrogen-bond acceptors (Lipinski definition) is 2. The summed E-state index contributed by atoms with van der Waals surface area (Å²) in [6, 6.07) is 3.79. The summed E-state index contributed by atoms with van der Waals surface area (Å²) >= 11 is 3.46. The van der Waals surface area contributed by atoms with Crippen molar-refractivity contribution in [2.75, 3.05) is 11.9 Å². The third-order valence-corrected chi connectivity index (χ3v) is 3.55. The average molecular weight is 272 g/mol. The van der Waals surface area contributed by atoms with Gasteiger partial charge < -0.3 is 9.32 Å². The van der Waals surface area contributed by atoms with E-state index >= 15 is 0 Å². The lowest BCUT2D eigenvalue weighted by Crippen LogP contribution is -2.44. The van der Waals surface area contributed by atoms with E-state index in [9.17, 15) is 4.79 Å². The van der Waals surface area contributed by atoms with Gasteiger partial charge in [0.2, 0.25) is 0 Å². The maximum atomic E-state index is 12.0. The molecule has 82 valence electrons. The summed E-state index contributed by atoms with van der Waals surface area (Å²) in [5.41, 5.74) is 0. The molecule has 2 rings (SSSR count). The molecule has 0 aliphatic carbocycles. The molecule has 1 aromatic heterocycles. The predicted octanol–water partition coefficient (Wildman–Crippen LogP) is 2.67. The molecular weight excluding hydrogens is 258 g/mol. The van der Waals surface area contributed by atoms with E-state index in [1.165, 1.54) is 6.42 Å². The SMILES string of the molecule is O=C(c1ccco1)N1CCCCC1CBr. The lowest BCUT2D eigenvalue weighted by Gasteiger charge is -2.34. The number of hydrogen-bond donors (Lipinski definition) is 0. The molecule has 1 aromatic rings. The quantitative estimate of drug-likeness (QED) is 0.775. The van der Waals surface area contributed by atoms with E-state index in [1.54, 1.807) is 18.4 Å². The lowest BCUT2D eigenvalue weighted by molar-refractivity contribution is 0.0609. The van der Waals surface area contributed by atoms with Crippen molar-refractivity contribution in [1.82, 2.24) is 4.90 Å². The fraction of sp³-hybridized carbons (Fsp3) is 0.545. The first kappa shape index (κ1) is 10.7. The Labute approximate surface area is 97.6 Å². The van der Waals surface area contributed by atoms with Gasteiger partial charge >= 0.3 is 0 Å². The van der Waals surface area contributed by atoms with Crippen molar-refractivity contribution in [3.63, 3.8) is 0 Å². The van der Waals surface area contributed by atoms with Gasteiger partial charge in [0.1, 0.15) is 0 Å². The number of rotatable bonds is 2. The largest absolute Gasteiger partial charge is 0.459 e. The first-order valence-corrected chi connectivity index (χ1v) is 6.35. The van der Waals surface area contributed by atoms with Crippen molar-refractivity contribution in [3.8, 4) is 0 Å². The molecule has 1 amide bonds. The Kier molecular flexibility index (Phi) is 3.46. The van der Waals surface area contributed by atoms with E-state index in [0.717, 1.165) is 24.7 Å². The Morgan fingerprint density at radius 1 is 1.60 bits per heavy atom. The molecule has 1 aliphatic heterocycles. The molecule has 0 saturated carbocycles. The van der Waals surface area contributed by atoms with E-state index in [4.69, 9.17) is 4.42 Å². The van der Waals surface area contributed by atoms with Gasteiger partial charge in [-0.3, -0.25) is 4.79 Å². The number of carbonyl (C=O) groups is 1. The topological polar surface area (TPSA) is 33.5 Å². The molecule has 0 spiro atoms. The van der Waals surface area contributed by atoms with Gasteiger partial charge in [-0.1, -0.05) is 15.9 Å². The number of carbonyl (C=O) groups excluding carboxylic acids is 1. The number of amides is 1. The van der Waals surface area contributed by atoms with E-state index in [1.807, 2.05) is 4.90 Å². The molecule has 0 bridgehead atoms. The third kappa shape index (κ3) is 2.25. The molecule has 1 saturated heterocycles. The van der Waals surface area contributed by atoms with Gasteiger partial charge in [-0.05, 0) is 31.4 Å². The molecule has 1 aliphatic rings. The van der Waals surface area contributed by atoms with E-state index in [2.05, 4.69) is 15.9 Å². The van der Waals surface area contributed by atoms with Crippen molar-refractivity contribution >= 4 is 21.8 Å². The van der Waals surface area contributed by atoms with E-state index < -0.39 is 0 Å². The Hall–Kier alpha value is -0.770. The fourth-order valence-corrected chi connectivity index (χ4v) is 2.64. The number of furan rings is 1. The second-order valence-corrected chi connectivity index (χ2v) is 4.43. The Morgan fingerprint density at radius 3 is 3.13 bits per heavy atom. The molecule has 3 nitrogen and oxygen atoms in total. The van der Waals surface area contributed by atoms with Gasteiger partial charge in [0, 0.05) is 17.9 Å². The highest BCUT2D eigenvalue weighted by Crippen LogP contribution is 2.21. The van der Waals surface area contributed by atoms with Crippen LogP contribution in [0, 0.1) is 0 Å². The minimum atomic E-state index is 0.0177. The summed E-state index contributed by atoms with van der Waals surface area (Å²) in [7, 11) is 0. The Balaban J connectivity index is 2.11. The highest BCUT2D eigenvalue weighted by molar-refractivity contribution is 9.09. The molecule has 0 radical (unpaired) electrons. The zero-order valence-corrected chi connectivity index (χ0v) is 10.1. The molecule has 1 atom stereocenters. The molecule has 4 heteroatoms.